The number of nitrogens with zero attached hydrogens (tertiary/aromatic N) is 2. The van der Waals surface area contributed by atoms with Crippen LogP contribution in [0.2, 0.25) is 0 Å². The predicted octanol–water partition coefficient (Wildman–Crippen LogP) is 2.83. The number of rotatable bonds is 7. The highest BCUT2D eigenvalue weighted by Crippen LogP contribution is 2.23. The van der Waals surface area contributed by atoms with Crippen LogP contribution in [0.4, 0.5) is 10.1 Å². The minimum atomic E-state index is -2.61. The van der Waals surface area contributed by atoms with E-state index in [0.717, 1.165) is 22.6 Å². The molecule has 0 radical (unpaired) electrons. The molecule has 1 amide bonds. The van der Waals surface area contributed by atoms with E-state index in [-0.39, 0.29) is 22.9 Å². The summed E-state index contributed by atoms with van der Waals surface area (Å²) in [5.74, 6) is -0.293. The Balaban J connectivity index is 1.80. The number of halogens is 1. The van der Waals surface area contributed by atoms with Crippen molar-refractivity contribution in [3.8, 4) is 11.4 Å². The van der Waals surface area contributed by atoms with E-state index in [2.05, 4.69) is 10.4 Å². The second-order valence-electron chi connectivity index (χ2n) is 5.79. The van der Waals surface area contributed by atoms with Crippen LogP contribution < -0.4 is 10.1 Å². The molecule has 0 bridgehead atoms. The van der Waals surface area contributed by atoms with Gasteiger partial charge < -0.3 is 14.6 Å². The molecule has 0 aliphatic rings. The summed E-state index contributed by atoms with van der Waals surface area (Å²) in [5.41, 5.74) is 1.20. The van der Waals surface area contributed by atoms with Gasteiger partial charge in [-0.15, -0.1) is 0 Å². The first-order chi connectivity index (χ1) is 13.5. The van der Waals surface area contributed by atoms with Crippen molar-refractivity contribution in [3.05, 3.63) is 66.2 Å². The SMILES string of the molecule is CCOc1ccccc1CC(=O)Nc1ccc(-n2cc(F)cn2)c(S(=O)[O-])c1. The van der Waals surface area contributed by atoms with Crippen LogP contribution in [0.5, 0.6) is 5.75 Å². The molecule has 3 aromatic rings. The number of hydrogen-bond acceptors (Lipinski definition) is 5. The van der Waals surface area contributed by atoms with E-state index in [9.17, 15) is 17.9 Å². The highest BCUT2D eigenvalue weighted by Gasteiger charge is 2.12. The molecule has 0 saturated heterocycles. The van der Waals surface area contributed by atoms with Crippen molar-refractivity contribution in [2.45, 2.75) is 18.2 Å². The third-order valence-electron chi connectivity index (χ3n) is 3.84. The number of carbonyl (C=O) groups is 1. The summed E-state index contributed by atoms with van der Waals surface area (Å²) in [7, 11) is 0. The lowest BCUT2D eigenvalue weighted by Gasteiger charge is -2.15. The second-order valence-corrected chi connectivity index (χ2v) is 6.70. The summed E-state index contributed by atoms with van der Waals surface area (Å²) in [6, 6.07) is 11.5. The number of carbonyl (C=O) groups excluding carboxylic acids is 1. The maximum absolute atomic E-state index is 13.2. The molecule has 0 saturated carbocycles. The number of hydrogen-bond donors (Lipinski definition) is 1. The summed E-state index contributed by atoms with van der Waals surface area (Å²) in [6.07, 6.45) is 2.11. The Morgan fingerprint density at radius 1 is 1.32 bits per heavy atom. The maximum Gasteiger partial charge on any atom is 0.228 e. The van der Waals surface area contributed by atoms with Crippen LogP contribution in [0.15, 0.2) is 59.8 Å². The van der Waals surface area contributed by atoms with Crippen molar-refractivity contribution in [3.63, 3.8) is 0 Å². The van der Waals surface area contributed by atoms with Gasteiger partial charge in [-0.05, 0) is 42.3 Å². The van der Waals surface area contributed by atoms with Gasteiger partial charge in [-0.25, -0.2) is 9.07 Å². The van der Waals surface area contributed by atoms with E-state index < -0.39 is 16.9 Å². The highest BCUT2D eigenvalue weighted by molar-refractivity contribution is 7.79. The van der Waals surface area contributed by atoms with Crippen LogP contribution in [0.25, 0.3) is 5.69 Å². The number of benzene rings is 2. The zero-order chi connectivity index (χ0) is 20.1. The van der Waals surface area contributed by atoms with Gasteiger partial charge in [-0.1, -0.05) is 18.2 Å². The Kier molecular flexibility index (Phi) is 6.17. The van der Waals surface area contributed by atoms with Crippen LogP contribution in [-0.4, -0.2) is 31.1 Å². The number of amides is 1. The van der Waals surface area contributed by atoms with Crippen LogP contribution in [0.1, 0.15) is 12.5 Å². The largest absolute Gasteiger partial charge is 0.768 e. The van der Waals surface area contributed by atoms with Gasteiger partial charge in [0.1, 0.15) is 5.75 Å². The molecular formula is C19H17FN3O4S-. The first kappa shape index (κ1) is 19.7. The summed E-state index contributed by atoms with van der Waals surface area (Å²) < 4.78 is 43.0. The Hall–Kier alpha value is -3.04. The Morgan fingerprint density at radius 3 is 2.79 bits per heavy atom. The van der Waals surface area contributed by atoms with Crippen LogP contribution in [-0.2, 0) is 22.3 Å². The minimum absolute atomic E-state index is 0.0675. The maximum atomic E-state index is 13.2. The molecule has 0 spiro atoms. The third kappa shape index (κ3) is 4.62. The van der Waals surface area contributed by atoms with Gasteiger partial charge in [0, 0.05) is 11.3 Å². The van der Waals surface area contributed by atoms with E-state index in [0.29, 0.717) is 18.0 Å². The number of aromatic nitrogens is 2. The standard InChI is InChI=1S/C19H18FN3O4S/c1-2-27-17-6-4-3-5-13(17)9-19(24)22-15-7-8-16(18(10-15)28(25)26)23-12-14(20)11-21-23/h3-8,10-12H,2,9H2,1H3,(H,22,24)(H,25,26)/p-1. The first-order valence-electron chi connectivity index (χ1n) is 8.42. The van der Waals surface area contributed by atoms with Crippen LogP contribution in [0.3, 0.4) is 0 Å². The van der Waals surface area contributed by atoms with E-state index in [1.165, 1.54) is 18.2 Å². The smallest absolute Gasteiger partial charge is 0.228 e. The molecule has 1 atom stereocenters. The molecule has 1 aromatic heterocycles. The van der Waals surface area contributed by atoms with Gasteiger partial charge in [0.25, 0.3) is 0 Å². The summed E-state index contributed by atoms with van der Waals surface area (Å²) in [4.78, 5) is 12.3. The quantitative estimate of drug-likeness (QED) is 0.613. The highest BCUT2D eigenvalue weighted by atomic mass is 32.2. The van der Waals surface area contributed by atoms with E-state index in [1.807, 2.05) is 19.1 Å². The first-order valence-corrected chi connectivity index (χ1v) is 9.50. The van der Waals surface area contributed by atoms with Crippen molar-refractivity contribution < 1.29 is 22.7 Å². The molecule has 1 heterocycles. The molecule has 0 fully saturated rings. The van der Waals surface area contributed by atoms with Gasteiger partial charge >= 0.3 is 0 Å². The van der Waals surface area contributed by atoms with E-state index in [1.54, 1.807) is 12.1 Å². The van der Waals surface area contributed by atoms with Gasteiger partial charge in [0.05, 0.1) is 36.0 Å². The van der Waals surface area contributed by atoms with Crippen molar-refractivity contribution >= 4 is 22.7 Å². The molecule has 1 N–H and O–H groups in total. The van der Waals surface area contributed by atoms with Crippen molar-refractivity contribution in [1.29, 1.82) is 0 Å². The summed E-state index contributed by atoms with van der Waals surface area (Å²) in [5, 5.41) is 6.44. The van der Waals surface area contributed by atoms with Gasteiger partial charge in [0.2, 0.25) is 5.91 Å². The lowest BCUT2D eigenvalue weighted by atomic mass is 10.1. The molecule has 7 nitrogen and oxygen atoms in total. The van der Waals surface area contributed by atoms with Gasteiger partial charge in [-0.3, -0.25) is 9.00 Å². The van der Waals surface area contributed by atoms with Crippen LogP contribution >= 0.6 is 0 Å². The molecule has 1 unspecified atom stereocenters. The van der Waals surface area contributed by atoms with E-state index in [4.69, 9.17) is 4.74 Å². The second kappa shape index (κ2) is 8.77. The lowest BCUT2D eigenvalue weighted by molar-refractivity contribution is -0.115. The summed E-state index contributed by atoms with van der Waals surface area (Å²) >= 11 is -2.61. The van der Waals surface area contributed by atoms with Crippen molar-refractivity contribution in [2.75, 3.05) is 11.9 Å². The molecule has 9 heteroatoms. The Bertz CT molecular complexity index is 1020. The summed E-state index contributed by atoms with van der Waals surface area (Å²) in [6.45, 7) is 2.33. The number of ether oxygens (including phenoxy) is 1. The molecule has 0 aliphatic carbocycles. The average molecular weight is 402 g/mol. The van der Waals surface area contributed by atoms with Crippen LogP contribution in [0, 0.1) is 5.82 Å². The number of anilines is 1. The fourth-order valence-electron chi connectivity index (χ4n) is 2.67. The van der Waals surface area contributed by atoms with E-state index >= 15 is 0 Å². The zero-order valence-electron chi connectivity index (χ0n) is 14.9. The average Bonchev–Trinajstić information content (AvgIpc) is 3.09. The lowest BCUT2D eigenvalue weighted by Crippen LogP contribution is -2.15. The fourth-order valence-corrected chi connectivity index (χ4v) is 3.23. The predicted molar refractivity (Wildman–Crippen MR) is 101 cm³/mol. The van der Waals surface area contributed by atoms with Gasteiger partial charge in [-0.2, -0.15) is 5.10 Å². The molecular weight excluding hydrogens is 385 g/mol. The monoisotopic (exact) mass is 402 g/mol. The molecule has 3 rings (SSSR count). The van der Waals surface area contributed by atoms with Crippen molar-refractivity contribution in [2.24, 2.45) is 0 Å². The molecule has 28 heavy (non-hydrogen) atoms. The minimum Gasteiger partial charge on any atom is -0.768 e. The van der Waals surface area contributed by atoms with Gasteiger partial charge in [0.15, 0.2) is 5.82 Å². The number of para-hydroxylation sites is 1. The zero-order valence-corrected chi connectivity index (χ0v) is 15.7. The molecule has 2 aromatic carbocycles. The number of nitrogens with one attached hydrogen (secondary N) is 1. The topological polar surface area (TPSA) is 96.3 Å². The van der Waals surface area contributed by atoms with Crippen molar-refractivity contribution in [1.82, 2.24) is 9.78 Å². The molecule has 0 aliphatic heterocycles. The molecule has 146 valence electrons. The normalized spacial score (nSPS) is 11.8. The third-order valence-corrected chi connectivity index (χ3v) is 4.53. The Morgan fingerprint density at radius 2 is 2.11 bits per heavy atom. The fraction of sp³-hybridized carbons (Fsp3) is 0.158. The Labute approximate surface area is 163 Å².